The van der Waals surface area contributed by atoms with E-state index in [2.05, 4.69) is 10.6 Å². The van der Waals surface area contributed by atoms with E-state index in [1.54, 1.807) is 0 Å². The molecular weight excluding hydrogens is 306 g/mol. The van der Waals surface area contributed by atoms with Crippen molar-refractivity contribution in [1.82, 2.24) is 10.6 Å². The van der Waals surface area contributed by atoms with Crippen molar-refractivity contribution in [2.75, 3.05) is 13.1 Å². The highest BCUT2D eigenvalue weighted by molar-refractivity contribution is 5.89. The normalized spacial score (nSPS) is 13.0. The van der Waals surface area contributed by atoms with Crippen LogP contribution in [0.1, 0.15) is 32.1 Å². The number of carbonyl (C=O) groups excluding carboxylic acids is 3. The van der Waals surface area contributed by atoms with Crippen LogP contribution in [0.4, 0.5) is 0 Å². The summed E-state index contributed by atoms with van der Waals surface area (Å²) in [7, 11) is 0. The lowest BCUT2D eigenvalue weighted by Gasteiger charge is -2.15. The maximum Gasteiger partial charge on any atom is 0.326 e. The van der Waals surface area contributed by atoms with E-state index in [0.29, 0.717) is 19.4 Å². The van der Waals surface area contributed by atoms with Gasteiger partial charge in [-0.25, -0.2) is 4.79 Å². The molecule has 0 fully saturated rings. The Hall–Kier alpha value is -2.20. The zero-order chi connectivity index (χ0) is 17.8. The standard InChI is InChI=1S/C13H25N5O5/c14-6-2-1-3-8(15)12(21)17-7-11(20)18-9(13(22)23)4-5-10(16)19/h8-9H,1-7,14-15H2,(H2,16,19)(H,17,21)(H,18,20)(H,22,23)/t8-,9-/m0/s1. The zero-order valence-corrected chi connectivity index (χ0v) is 12.9. The average molecular weight is 331 g/mol. The highest BCUT2D eigenvalue weighted by Crippen LogP contribution is 1.99. The monoisotopic (exact) mass is 331 g/mol. The third-order valence-electron chi connectivity index (χ3n) is 3.04. The van der Waals surface area contributed by atoms with E-state index in [0.717, 1.165) is 6.42 Å². The van der Waals surface area contributed by atoms with Crippen molar-refractivity contribution in [3.05, 3.63) is 0 Å². The van der Waals surface area contributed by atoms with Crippen LogP contribution >= 0.6 is 0 Å². The first-order chi connectivity index (χ1) is 10.8. The van der Waals surface area contributed by atoms with Crippen molar-refractivity contribution >= 4 is 23.7 Å². The van der Waals surface area contributed by atoms with Gasteiger partial charge in [0.25, 0.3) is 0 Å². The van der Waals surface area contributed by atoms with E-state index in [4.69, 9.17) is 22.3 Å². The average Bonchev–Trinajstić information content (AvgIpc) is 2.48. The van der Waals surface area contributed by atoms with Crippen LogP contribution in [0.15, 0.2) is 0 Å². The van der Waals surface area contributed by atoms with Crippen molar-refractivity contribution in [2.45, 2.75) is 44.2 Å². The van der Waals surface area contributed by atoms with Gasteiger partial charge in [0.15, 0.2) is 0 Å². The topological polar surface area (TPSA) is 191 Å². The summed E-state index contributed by atoms with van der Waals surface area (Å²) in [6.45, 7) is 0.113. The molecule has 0 unspecified atom stereocenters. The summed E-state index contributed by atoms with van der Waals surface area (Å²) in [5.74, 6) is -3.14. The van der Waals surface area contributed by atoms with Gasteiger partial charge in [0.1, 0.15) is 6.04 Å². The fourth-order valence-corrected chi connectivity index (χ4v) is 1.73. The number of carboxylic acid groups (broad SMARTS) is 1. The molecule has 0 saturated heterocycles. The summed E-state index contributed by atoms with van der Waals surface area (Å²) < 4.78 is 0. The molecule has 0 aromatic carbocycles. The van der Waals surface area contributed by atoms with Gasteiger partial charge in [0.05, 0.1) is 12.6 Å². The minimum atomic E-state index is -1.29. The van der Waals surface area contributed by atoms with E-state index in [1.807, 2.05) is 0 Å². The van der Waals surface area contributed by atoms with Gasteiger partial charge in [0.2, 0.25) is 17.7 Å². The second-order valence-corrected chi connectivity index (χ2v) is 5.07. The first kappa shape index (κ1) is 20.8. The molecule has 0 bridgehead atoms. The molecule has 0 aliphatic heterocycles. The van der Waals surface area contributed by atoms with Gasteiger partial charge in [-0.2, -0.15) is 0 Å². The smallest absolute Gasteiger partial charge is 0.326 e. The quantitative estimate of drug-likeness (QED) is 0.211. The van der Waals surface area contributed by atoms with Gasteiger partial charge < -0.3 is 32.9 Å². The van der Waals surface area contributed by atoms with Crippen LogP contribution in [0.5, 0.6) is 0 Å². The zero-order valence-electron chi connectivity index (χ0n) is 12.9. The van der Waals surface area contributed by atoms with Crippen LogP contribution in [0.2, 0.25) is 0 Å². The lowest BCUT2D eigenvalue weighted by atomic mass is 10.1. The summed E-state index contributed by atoms with van der Waals surface area (Å²) >= 11 is 0. The van der Waals surface area contributed by atoms with E-state index in [1.165, 1.54) is 0 Å². The third kappa shape index (κ3) is 10.2. The minimum absolute atomic E-state index is 0.122. The van der Waals surface area contributed by atoms with Crippen molar-refractivity contribution in [2.24, 2.45) is 17.2 Å². The van der Waals surface area contributed by atoms with Gasteiger partial charge in [-0.1, -0.05) is 6.42 Å². The maximum absolute atomic E-state index is 11.7. The Labute approximate surface area is 134 Å². The van der Waals surface area contributed by atoms with E-state index >= 15 is 0 Å². The molecule has 0 aromatic heterocycles. The highest BCUT2D eigenvalue weighted by atomic mass is 16.4. The number of carboxylic acids is 1. The summed E-state index contributed by atoms with van der Waals surface area (Å²) in [6.07, 6.45) is 1.60. The molecule has 0 aliphatic carbocycles. The van der Waals surface area contributed by atoms with Crippen LogP contribution < -0.4 is 27.8 Å². The van der Waals surface area contributed by atoms with Gasteiger partial charge in [-0.05, 0) is 25.8 Å². The van der Waals surface area contributed by atoms with Crippen molar-refractivity contribution in [3.63, 3.8) is 0 Å². The molecule has 0 aromatic rings. The molecule has 0 radical (unpaired) electrons. The number of primary amides is 1. The Morgan fingerprint density at radius 2 is 1.74 bits per heavy atom. The molecule has 0 aliphatic rings. The third-order valence-corrected chi connectivity index (χ3v) is 3.04. The van der Waals surface area contributed by atoms with Crippen LogP contribution in [0.25, 0.3) is 0 Å². The highest BCUT2D eigenvalue weighted by Gasteiger charge is 2.21. The molecule has 0 heterocycles. The molecule has 0 spiro atoms. The predicted octanol–water partition coefficient (Wildman–Crippen LogP) is -2.61. The van der Waals surface area contributed by atoms with Crippen LogP contribution in [0.3, 0.4) is 0 Å². The molecule has 10 nitrogen and oxygen atoms in total. The molecule has 23 heavy (non-hydrogen) atoms. The Balaban J connectivity index is 4.18. The first-order valence-corrected chi connectivity index (χ1v) is 7.31. The number of carbonyl (C=O) groups is 4. The second-order valence-electron chi connectivity index (χ2n) is 5.07. The number of aliphatic carboxylic acids is 1. The van der Waals surface area contributed by atoms with Crippen molar-refractivity contribution in [3.8, 4) is 0 Å². The Morgan fingerprint density at radius 3 is 2.26 bits per heavy atom. The fourth-order valence-electron chi connectivity index (χ4n) is 1.73. The minimum Gasteiger partial charge on any atom is -0.480 e. The van der Waals surface area contributed by atoms with Gasteiger partial charge in [-0.3, -0.25) is 14.4 Å². The molecule has 2 atom stereocenters. The molecular formula is C13H25N5O5. The molecule has 3 amide bonds. The number of unbranched alkanes of at least 4 members (excludes halogenated alkanes) is 1. The van der Waals surface area contributed by atoms with Crippen LogP contribution in [-0.2, 0) is 19.2 Å². The molecule has 0 saturated carbocycles. The second kappa shape index (κ2) is 11.4. The molecule has 0 rings (SSSR count). The van der Waals surface area contributed by atoms with Crippen molar-refractivity contribution < 1.29 is 24.3 Å². The molecule has 9 N–H and O–H groups in total. The fraction of sp³-hybridized carbons (Fsp3) is 0.692. The van der Waals surface area contributed by atoms with Gasteiger partial charge >= 0.3 is 5.97 Å². The summed E-state index contributed by atoms with van der Waals surface area (Å²) in [5, 5.41) is 13.5. The van der Waals surface area contributed by atoms with E-state index < -0.39 is 42.3 Å². The number of nitrogens with two attached hydrogens (primary N) is 3. The summed E-state index contributed by atoms with van der Waals surface area (Å²) in [5.41, 5.74) is 15.9. The molecule has 132 valence electrons. The van der Waals surface area contributed by atoms with Gasteiger partial charge in [-0.15, -0.1) is 0 Å². The summed E-state index contributed by atoms with van der Waals surface area (Å²) in [6, 6.07) is -2.00. The lowest BCUT2D eigenvalue weighted by molar-refractivity contribution is -0.142. The first-order valence-electron chi connectivity index (χ1n) is 7.31. The number of amides is 3. The van der Waals surface area contributed by atoms with E-state index in [-0.39, 0.29) is 12.8 Å². The Morgan fingerprint density at radius 1 is 1.09 bits per heavy atom. The SMILES string of the molecule is NCCCC[C@H](N)C(=O)NCC(=O)N[C@@H](CCC(N)=O)C(=O)O. The van der Waals surface area contributed by atoms with Gasteiger partial charge in [0, 0.05) is 6.42 Å². The summed E-state index contributed by atoms with van der Waals surface area (Å²) in [4.78, 5) is 44.9. The largest absolute Gasteiger partial charge is 0.480 e. The number of hydrogen-bond acceptors (Lipinski definition) is 6. The van der Waals surface area contributed by atoms with E-state index in [9.17, 15) is 19.2 Å². The number of nitrogens with one attached hydrogen (secondary N) is 2. The van der Waals surface area contributed by atoms with Crippen LogP contribution in [-0.4, -0.2) is 54.0 Å². The lowest BCUT2D eigenvalue weighted by Crippen LogP contribution is -2.48. The molecule has 10 heteroatoms. The predicted molar refractivity (Wildman–Crippen MR) is 81.9 cm³/mol. The number of rotatable bonds is 12. The van der Waals surface area contributed by atoms with Crippen molar-refractivity contribution in [1.29, 1.82) is 0 Å². The Kier molecular flexibility index (Phi) is 10.3. The number of hydrogen-bond donors (Lipinski definition) is 6. The maximum atomic E-state index is 11.7. The van der Waals surface area contributed by atoms with Crippen LogP contribution in [0, 0.1) is 0 Å². The Bertz CT molecular complexity index is 429.